The Kier molecular flexibility index (Phi) is 4.46. The van der Waals surface area contributed by atoms with Crippen LogP contribution in [0.15, 0.2) is 18.2 Å². The van der Waals surface area contributed by atoms with Crippen LogP contribution < -0.4 is 5.32 Å². The van der Waals surface area contributed by atoms with E-state index in [1.165, 1.54) is 24.0 Å². The van der Waals surface area contributed by atoms with Crippen molar-refractivity contribution < 1.29 is 14.7 Å². The molecule has 1 saturated carbocycles. The highest BCUT2D eigenvalue weighted by atomic mass is 16.4. The summed E-state index contributed by atoms with van der Waals surface area (Å²) in [5, 5.41) is 11.9. The van der Waals surface area contributed by atoms with Gasteiger partial charge >= 0.3 is 5.97 Å². The van der Waals surface area contributed by atoms with Crippen LogP contribution in [0.1, 0.15) is 48.8 Å². The lowest BCUT2D eigenvalue weighted by Gasteiger charge is -2.17. The average molecular weight is 301 g/mol. The average Bonchev–Trinajstić information content (AvgIpc) is 3.30. The van der Waals surface area contributed by atoms with Crippen molar-refractivity contribution in [1.29, 1.82) is 0 Å². The Bertz CT molecular complexity index is 578. The number of hydrogen-bond donors (Lipinski definition) is 2. The SMILES string of the molecule is O=C(Cc1ccc2c(c1)CCCC2)NC(CC1CC1)C(=O)O. The minimum atomic E-state index is -0.925. The van der Waals surface area contributed by atoms with Crippen molar-refractivity contribution in [2.75, 3.05) is 0 Å². The molecule has 0 aromatic heterocycles. The van der Waals surface area contributed by atoms with Gasteiger partial charge in [0.2, 0.25) is 5.91 Å². The summed E-state index contributed by atoms with van der Waals surface area (Å²) < 4.78 is 0. The van der Waals surface area contributed by atoms with Gasteiger partial charge in [-0.25, -0.2) is 4.79 Å². The Morgan fingerprint density at radius 1 is 1.18 bits per heavy atom. The number of benzene rings is 1. The summed E-state index contributed by atoms with van der Waals surface area (Å²) in [6, 6.07) is 5.50. The second kappa shape index (κ2) is 6.51. The van der Waals surface area contributed by atoms with Crippen molar-refractivity contribution >= 4 is 11.9 Å². The Morgan fingerprint density at radius 3 is 2.59 bits per heavy atom. The van der Waals surface area contributed by atoms with Gasteiger partial charge in [0.25, 0.3) is 0 Å². The van der Waals surface area contributed by atoms with E-state index in [9.17, 15) is 14.7 Å². The summed E-state index contributed by atoms with van der Waals surface area (Å²) in [6.45, 7) is 0. The first-order valence-electron chi connectivity index (χ1n) is 8.24. The van der Waals surface area contributed by atoms with Gasteiger partial charge in [0.1, 0.15) is 6.04 Å². The topological polar surface area (TPSA) is 66.4 Å². The maximum atomic E-state index is 12.1. The minimum Gasteiger partial charge on any atom is -0.480 e. The number of rotatable bonds is 6. The van der Waals surface area contributed by atoms with Crippen LogP contribution in [0.4, 0.5) is 0 Å². The molecule has 1 amide bonds. The molecule has 2 aliphatic carbocycles. The first-order valence-corrected chi connectivity index (χ1v) is 8.24. The van der Waals surface area contributed by atoms with Crippen LogP contribution in [-0.2, 0) is 28.9 Å². The van der Waals surface area contributed by atoms with Crippen LogP contribution in [-0.4, -0.2) is 23.0 Å². The molecule has 1 fully saturated rings. The Hall–Kier alpha value is -1.84. The fourth-order valence-electron chi connectivity index (χ4n) is 3.24. The van der Waals surface area contributed by atoms with E-state index < -0.39 is 12.0 Å². The standard InChI is InChI=1S/C18H23NO3/c20-17(19-16(18(21)22)10-12-5-6-12)11-13-7-8-14-3-1-2-4-15(14)9-13/h7-9,12,16H,1-6,10-11H2,(H,19,20)(H,21,22). The third kappa shape index (κ3) is 3.87. The van der Waals surface area contributed by atoms with E-state index in [2.05, 4.69) is 17.4 Å². The molecule has 0 heterocycles. The quantitative estimate of drug-likeness (QED) is 0.848. The van der Waals surface area contributed by atoms with Crippen molar-refractivity contribution in [2.45, 2.75) is 57.4 Å². The van der Waals surface area contributed by atoms with Gasteiger partial charge < -0.3 is 10.4 Å². The van der Waals surface area contributed by atoms with E-state index in [4.69, 9.17) is 0 Å². The summed E-state index contributed by atoms with van der Waals surface area (Å²) in [4.78, 5) is 23.4. The Balaban J connectivity index is 1.59. The number of carboxylic acids is 1. The van der Waals surface area contributed by atoms with Gasteiger partial charge in [-0.3, -0.25) is 4.79 Å². The largest absolute Gasteiger partial charge is 0.480 e. The van der Waals surface area contributed by atoms with Gasteiger partial charge in [0.05, 0.1) is 6.42 Å². The van der Waals surface area contributed by atoms with E-state index in [0.717, 1.165) is 31.2 Å². The Labute approximate surface area is 130 Å². The first-order chi connectivity index (χ1) is 10.6. The van der Waals surface area contributed by atoms with Gasteiger partial charge in [0, 0.05) is 0 Å². The highest BCUT2D eigenvalue weighted by molar-refractivity contribution is 5.84. The molecule has 3 rings (SSSR count). The Morgan fingerprint density at radius 2 is 1.91 bits per heavy atom. The number of aliphatic carboxylic acids is 1. The predicted molar refractivity (Wildman–Crippen MR) is 83.7 cm³/mol. The van der Waals surface area contributed by atoms with Crippen LogP contribution in [0.3, 0.4) is 0 Å². The number of carboxylic acid groups (broad SMARTS) is 1. The van der Waals surface area contributed by atoms with Gasteiger partial charge in [-0.2, -0.15) is 0 Å². The number of nitrogens with one attached hydrogen (secondary N) is 1. The molecule has 0 radical (unpaired) electrons. The third-order valence-electron chi connectivity index (χ3n) is 4.68. The second-order valence-corrected chi connectivity index (χ2v) is 6.62. The number of aryl methyl sites for hydroxylation is 2. The number of carbonyl (C=O) groups is 2. The smallest absolute Gasteiger partial charge is 0.326 e. The van der Waals surface area contributed by atoms with Crippen molar-refractivity contribution in [3.05, 3.63) is 34.9 Å². The molecular formula is C18H23NO3. The zero-order valence-electron chi connectivity index (χ0n) is 12.8. The highest BCUT2D eigenvalue weighted by Crippen LogP contribution is 2.33. The zero-order valence-corrected chi connectivity index (χ0v) is 12.8. The number of carbonyl (C=O) groups excluding carboxylic acids is 1. The van der Waals surface area contributed by atoms with Crippen LogP contribution in [0.2, 0.25) is 0 Å². The van der Waals surface area contributed by atoms with Crippen molar-refractivity contribution in [2.24, 2.45) is 5.92 Å². The minimum absolute atomic E-state index is 0.191. The fourth-order valence-corrected chi connectivity index (χ4v) is 3.24. The van der Waals surface area contributed by atoms with Crippen molar-refractivity contribution in [3.8, 4) is 0 Å². The molecule has 0 aliphatic heterocycles. The molecule has 1 atom stereocenters. The second-order valence-electron chi connectivity index (χ2n) is 6.62. The molecule has 1 unspecified atom stereocenters. The number of fused-ring (bicyclic) bond motifs is 1. The first kappa shape index (κ1) is 15.1. The molecule has 0 bridgehead atoms. The molecule has 22 heavy (non-hydrogen) atoms. The van der Waals surface area contributed by atoms with E-state index in [1.807, 2.05) is 6.07 Å². The van der Waals surface area contributed by atoms with Crippen molar-refractivity contribution in [1.82, 2.24) is 5.32 Å². The molecule has 1 aromatic rings. The molecule has 0 saturated heterocycles. The van der Waals surface area contributed by atoms with Crippen LogP contribution in [0.25, 0.3) is 0 Å². The molecule has 118 valence electrons. The van der Waals surface area contributed by atoms with Crippen molar-refractivity contribution in [3.63, 3.8) is 0 Å². The summed E-state index contributed by atoms with van der Waals surface area (Å²) in [6.07, 6.45) is 7.68. The van der Waals surface area contributed by atoms with E-state index >= 15 is 0 Å². The van der Waals surface area contributed by atoms with Crippen LogP contribution in [0.5, 0.6) is 0 Å². The van der Waals surface area contributed by atoms with Gasteiger partial charge in [-0.15, -0.1) is 0 Å². The van der Waals surface area contributed by atoms with E-state index in [0.29, 0.717) is 12.3 Å². The lowest BCUT2D eigenvalue weighted by atomic mass is 9.90. The lowest BCUT2D eigenvalue weighted by Crippen LogP contribution is -2.41. The fraction of sp³-hybridized carbons (Fsp3) is 0.556. The lowest BCUT2D eigenvalue weighted by molar-refractivity contribution is -0.142. The van der Waals surface area contributed by atoms with E-state index in [1.54, 1.807) is 0 Å². The molecular weight excluding hydrogens is 278 g/mol. The summed E-state index contributed by atoms with van der Waals surface area (Å²) in [5.41, 5.74) is 3.73. The van der Waals surface area contributed by atoms with Gasteiger partial charge in [-0.05, 0) is 54.7 Å². The number of amides is 1. The van der Waals surface area contributed by atoms with Crippen LogP contribution in [0, 0.1) is 5.92 Å². The summed E-state index contributed by atoms with van der Waals surface area (Å²) >= 11 is 0. The summed E-state index contributed by atoms with van der Waals surface area (Å²) in [5.74, 6) is -0.639. The summed E-state index contributed by atoms with van der Waals surface area (Å²) in [7, 11) is 0. The van der Waals surface area contributed by atoms with Gasteiger partial charge in [-0.1, -0.05) is 31.0 Å². The molecule has 2 N–H and O–H groups in total. The third-order valence-corrected chi connectivity index (χ3v) is 4.68. The molecule has 0 spiro atoms. The number of hydrogen-bond acceptors (Lipinski definition) is 2. The molecule has 2 aliphatic rings. The highest BCUT2D eigenvalue weighted by Gasteiger charge is 2.30. The molecule has 4 heteroatoms. The van der Waals surface area contributed by atoms with Gasteiger partial charge in [0.15, 0.2) is 0 Å². The normalized spacial score (nSPS) is 18.4. The van der Waals surface area contributed by atoms with E-state index in [-0.39, 0.29) is 12.3 Å². The maximum absolute atomic E-state index is 12.1. The van der Waals surface area contributed by atoms with Crippen LogP contribution >= 0.6 is 0 Å². The maximum Gasteiger partial charge on any atom is 0.326 e. The predicted octanol–water partition coefficient (Wildman–Crippen LogP) is 2.48. The molecule has 4 nitrogen and oxygen atoms in total. The zero-order chi connectivity index (χ0) is 15.5. The molecule has 1 aromatic carbocycles. The monoisotopic (exact) mass is 301 g/mol.